The molecule has 1 fully saturated rings. The molecular formula is C22H27ClN2O2. The van der Waals surface area contributed by atoms with Crippen LogP contribution in [-0.4, -0.2) is 27.4 Å². The van der Waals surface area contributed by atoms with Crippen molar-refractivity contribution in [3.05, 3.63) is 60.4 Å². The van der Waals surface area contributed by atoms with Gasteiger partial charge in [-0.05, 0) is 37.1 Å². The van der Waals surface area contributed by atoms with E-state index in [4.69, 9.17) is 9.72 Å². The highest BCUT2D eigenvalue weighted by atomic mass is 35.5. The molecule has 1 atom stereocenters. The van der Waals surface area contributed by atoms with E-state index >= 15 is 0 Å². The maximum atomic E-state index is 10.6. The first-order valence-electron chi connectivity index (χ1n) is 9.62. The van der Waals surface area contributed by atoms with Crippen LogP contribution in [0.2, 0.25) is 0 Å². The lowest BCUT2D eigenvalue weighted by Gasteiger charge is -2.23. The summed E-state index contributed by atoms with van der Waals surface area (Å²) in [5, 5.41) is 10.6. The Balaban J connectivity index is 0.00000210. The molecule has 1 aliphatic rings. The molecule has 3 aromatic rings. The van der Waals surface area contributed by atoms with Gasteiger partial charge in [0.25, 0.3) is 0 Å². The minimum absolute atomic E-state index is 0. The number of aliphatic hydroxyl groups excluding tert-OH is 1. The quantitative estimate of drug-likeness (QED) is 0.652. The largest absolute Gasteiger partial charge is 0.491 e. The van der Waals surface area contributed by atoms with E-state index in [9.17, 15) is 5.11 Å². The summed E-state index contributed by atoms with van der Waals surface area (Å²) in [6, 6.07) is 17.9. The Labute approximate surface area is 166 Å². The second-order valence-corrected chi connectivity index (χ2v) is 7.18. The van der Waals surface area contributed by atoms with Gasteiger partial charge in [-0.25, -0.2) is 4.98 Å². The standard InChI is InChI=1S/C22H26N2O2.ClH/c25-18(16-26-19-11-5-2-6-12-19)15-24-21-14-8-7-13-20(21)23-22(24)17-9-3-1-4-10-17;/h2,5-8,11-14,17-18,25H,1,3-4,9-10,15-16H2;1H. The summed E-state index contributed by atoms with van der Waals surface area (Å²) in [7, 11) is 0. The molecule has 0 spiro atoms. The molecule has 1 unspecified atom stereocenters. The molecule has 144 valence electrons. The average Bonchev–Trinajstić information content (AvgIpc) is 3.06. The van der Waals surface area contributed by atoms with Crippen LogP contribution >= 0.6 is 12.4 Å². The van der Waals surface area contributed by atoms with Gasteiger partial charge in [-0.15, -0.1) is 12.4 Å². The number of para-hydroxylation sites is 3. The van der Waals surface area contributed by atoms with Gasteiger partial charge in [-0.3, -0.25) is 0 Å². The Morgan fingerprint density at radius 2 is 1.70 bits per heavy atom. The molecule has 0 radical (unpaired) electrons. The minimum atomic E-state index is -0.574. The van der Waals surface area contributed by atoms with Crippen LogP contribution in [0.4, 0.5) is 0 Å². The molecule has 0 aliphatic heterocycles. The first kappa shape index (κ1) is 19.7. The van der Waals surface area contributed by atoms with Gasteiger partial charge >= 0.3 is 0 Å². The molecule has 1 heterocycles. The van der Waals surface area contributed by atoms with Crippen molar-refractivity contribution in [3.63, 3.8) is 0 Å². The van der Waals surface area contributed by atoms with Crippen molar-refractivity contribution in [3.8, 4) is 5.75 Å². The van der Waals surface area contributed by atoms with Crippen molar-refractivity contribution in [1.82, 2.24) is 9.55 Å². The second-order valence-electron chi connectivity index (χ2n) is 7.18. The predicted molar refractivity (Wildman–Crippen MR) is 111 cm³/mol. The molecule has 27 heavy (non-hydrogen) atoms. The molecule has 4 nitrogen and oxygen atoms in total. The van der Waals surface area contributed by atoms with Crippen LogP contribution in [0.1, 0.15) is 43.8 Å². The summed E-state index contributed by atoms with van der Waals surface area (Å²) in [5.41, 5.74) is 2.12. The summed E-state index contributed by atoms with van der Waals surface area (Å²) in [4.78, 5) is 4.92. The van der Waals surface area contributed by atoms with Gasteiger partial charge in [0.2, 0.25) is 0 Å². The fourth-order valence-corrected chi connectivity index (χ4v) is 3.93. The van der Waals surface area contributed by atoms with Crippen molar-refractivity contribution in [2.75, 3.05) is 6.61 Å². The van der Waals surface area contributed by atoms with Crippen molar-refractivity contribution in [1.29, 1.82) is 0 Å². The van der Waals surface area contributed by atoms with Crippen LogP contribution in [0.25, 0.3) is 11.0 Å². The predicted octanol–water partition coefficient (Wildman–Crippen LogP) is 4.95. The number of hydrogen-bond donors (Lipinski definition) is 1. The number of aliphatic hydroxyl groups is 1. The molecule has 0 saturated heterocycles. The maximum absolute atomic E-state index is 10.6. The lowest BCUT2D eigenvalue weighted by molar-refractivity contribution is 0.0922. The molecule has 5 heteroatoms. The third-order valence-electron chi connectivity index (χ3n) is 5.23. The van der Waals surface area contributed by atoms with E-state index in [1.54, 1.807) is 0 Å². The van der Waals surface area contributed by atoms with Gasteiger partial charge in [0.1, 0.15) is 24.3 Å². The van der Waals surface area contributed by atoms with Gasteiger partial charge < -0.3 is 14.4 Å². The summed E-state index contributed by atoms with van der Waals surface area (Å²) in [5.74, 6) is 2.41. The highest BCUT2D eigenvalue weighted by molar-refractivity contribution is 5.85. The number of rotatable bonds is 6. The van der Waals surface area contributed by atoms with Crippen LogP contribution in [0.5, 0.6) is 5.75 Å². The SMILES string of the molecule is Cl.OC(COc1ccccc1)Cn1c(C2CCCCC2)nc2ccccc21. The number of nitrogens with zero attached hydrogens (tertiary/aromatic N) is 2. The summed E-state index contributed by atoms with van der Waals surface area (Å²) >= 11 is 0. The van der Waals surface area contributed by atoms with Crippen LogP contribution in [0.15, 0.2) is 54.6 Å². The summed E-state index contributed by atoms with van der Waals surface area (Å²) in [6.45, 7) is 0.791. The number of aromatic nitrogens is 2. The third kappa shape index (κ3) is 4.63. The molecule has 1 saturated carbocycles. The Morgan fingerprint density at radius 1 is 1.00 bits per heavy atom. The van der Waals surface area contributed by atoms with Gasteiger partial charge in [-0.1, -0.05) is 49.6 Å². The molecule has 0 bridgehead atoms. The average molecular weight is 387 g/mol. The van der Waals surface area contributed by atoms with Crippen molar-refractivity contribution in [2.24, 2.45) is 0 Å². The van der Waals surface area contributed by atoms with Gasteiger partial charge in [0, 0.05) is 5.92 Å². The molecule has 2 aromatic carbocycles. The Kier molecular flexibility index (Phi) is 6.75. The third-order valence-corrected chi connectivity index (χ3v) is 5.23. The smallest absolute Gasteiger partial charge is 0.119 e. The lowest BCUT2D eigenvalue weighted by atomic mass is 9.88. The van der Waals surface area contributed by atoms with Gasteiger partial charge in [-0.2, -0.15) is 0 Å². The highest BCUT2D eigenvalue weighted by Gasteiger charge is 2.23. The Bertz CT molecular complexity index is 844. The van der Waals surface area contributed by atoms with Crippen molar-refractivity contribution in [2.45, 2.75) is 50.7 Å². The monoisotopic (exact) mass is 386 g/mol. The number of imidazole rings is 1. The maximum Gasteiger partial charge on any atom is 0.119 e. The van der Waals surface area contributed by atoms with Crippen molar-refractivity contribution >= 4 is 23.4 Å². The van der Waals surface area contributed by atoms with Crippen LogP contribution < -0.4 is 4.74 Å². The second kappa shape index (κ2) is 9.25. The van der Waals surface area contributed by atoms with Crippen molar-refractivity contribution < 1.29 is 9.84 Å². The van der Waals surface area contributed by atoms with E-state index < -0.39 is 6.10 Å². The number of fused-ring (bicyclic) bond motifs is 1. The van der Waals surface area contributed by atoms with E-state index in [2.05, 4.69) is 16.7 Å². The lowest BCUT2D eigenvalue weighted by Crippen LogP contribution is -2.25. The van der Waals surface area contributed by atoms with E-state index in [1.807, 2.05) is 42.5 Å². The van der Waals surface area contributed by atoms with Crippen LogP contribution in [-0.2, 0) is 6.54 Å². The molecule has 1 N–H and O–H groups in total. The topological polar surface area (TPSA) is 47.3 Å². The molecule has 0 amide bonds. The summed E-state index contributed by atoms with van der Waals surface area (Å²) in [6.07, 6.45) is 5.68. The van der Waals surface area contributed by atoms with Crippen LogP contribution in [0.3, 0.4) is 0 Å². The summed E-state index contributed by atoms with van der Waals surface area (Å²) < 4.78 is 7.94. The highest BCUT2D eigenvalue weighted by Crippen LogP contribution is 2.34. The zero-order valence-electron chi connectivity index (χ0n) is 15.5. The van der Waals surface area contributed by atoms with Gasteiger partial charge in [0.05, 0.1) is 17.6 Å². The molecular weight excluding hydrogens is 360 g/mol. The fourth-order valence-electron chi connectivity index (χ4n) is 3.93. The minimum Gasteiger partial charge on any atom is -0.491 e. The van der Waals surface area contributed by atoms with E-state index in [-0.39, 0.29) is 19.0 Å². The first-order valence-corrected chi connectivity index (χ1v) is 9.62. The van der Waals surface area contributed by atoms with Crippen LogP contribution in [0, 0.1) is 0 Å². The van der Waals surface area contributed by atoms with Gasteiger partial charge in [0.15, 0.2) is 0 Å². The number of halogens is 1. The zero-order chi connectivity index (χ0) is 17.8. The van der Waals surface area contributed by atoms with E-state index in [0.717, 1.165) is 22.6 Å². The fraction of sp³-hybridized carbons (Fsp3) is 0.409. The first-order chi connectivity index (χ1) is 12.8. The molecule has 4 rings (SSSR count). The number of hydrogen-bond acceptors (Lipinski definition) is 3. The molecule has 1 aliphatic carbocycles. The number of benzene rings is 2. The number of ether oxygens (including phenoxy) is 1. The van der Waals surface area contributed by atoms with E-state index in [0.29, 0.717) is 12.5 Å². The zero-order valence-corrected chi connectivity index (χ0v) is 16.3. The molecule has 1 aromatic heterocycles. The Hall–Kier alpha value is -2.04. The Morgan fingerprint density at radius 3 is 2.48 bits per heavy atom. The normalized spacial score (nSPS) is 16.0. The van der Waals surface area contributed by atoms with E-state index in [1.165, 1.54) is 32.1 Å².